The molecule has 2 atom stereocenters. The van der Waals surface area contributed by atoms with Gasteiger partial charge < -0.3 is 19.4 Å². The standard InChI is InChI=1S/C38H30F4N4O2/c1-21(47-19-23-3-9-33(39)35(41)11-23)31-15-29-14-27-6-5-25(43-27)13-26-7-8-28(44-26)17-37-32(16-30(46-37)18-38(31)45-29)22(2)48-20-24-4-10-34(40)36(42)12-24/h3-18,21-22,45-46H,19-20H2,1-2H3. The maximum Gasteiger partial charge on any atom is 0.159 e. The summed E-state index contributed by atoms with van der Waals surface area (Å²) in [7, 11) is 0. The lowest BCUT2D eigenvalue weighted by Crippen LogP contribution is -2.01. The van der Waals surface area contributed by atoms with Gasteiger partial charge in [0.25, 0.3) is 0 Å². The Labute approximate surface area is 273 Å². The van der Waals surface area contributed by atoms with E-state index in [1.165, 1.54) is 12.1 Å². The van der Waals surface area contributed by atoms with Crippen molar-refractivity contribution in [3.63, 3.8) is 0 Å². The van der Waals surface area contributed by atoms with Gasteiger partial charge in [0.2, 0.25) is 0 Å². The lowest BCUT2D eigenvalue weighted by atomic mass is 10.1. The molecule has 7 rings (SSSR count). The minimum Gasteiger partial charge on any atom is -0.369 e. The van der Waals surface area contributed by atoms with Gasteiger partial charge in [-0.1, -0.05) is 12.1 Å². The number of nitrogens with zero attached hydrogens (tertiary/aromatic N) is 2. The van der Waals surface area contributed by atoms with E-state index < -0.39 is 35.5 Å². The van der Waals surface area contributed by atoms with Gasteiger partial charge in [0.15, 0.2) is 23.3 Å². The van der Waals surface area contributed by atoms with Gasteiger partial charge in [-0.15, -0.1) is 0 Å². The van der Waals surface area contributed by atoms with E-state index in [9.17, 15) is 17.6 Å². The van der Waals surface area contributed by atoms with Crippen molar-refractivity contribution in [3.05, 3.63) is 141 Å². The molecule has 5 aromatic rings. The number of H-pyrrole nitrogens is 2. The number of nitrogens with one attached hydrogen (secondary N) is 2. The van der Waals surface area contributed by atoms with Crippen LogP contribution in [0.1, 0.15) is 71.1 Å². The number of aromatic nitrogens is 4. The van der Waals surface area contributed by atoms with E-state index in [-0.39, 0.29) is 13.2 Å². The SMILES string of the molecule is CC(OCc1ccc(F)c(F)c1)c1cc2cc3[nH]c(cc4nc(cc5nc(cc1[nH]2)C=C5)C=C4)cc3C(C)OCc1ccc(F)c(F)c1. The van der Waals surface area contributed by atoms with E-state index in [1.807, 2.05) is 74.5 Å². The van der Waals surface area contributed by atoms with Crippen LogP contribution < -0.4 is 0 Å². The molecule has 0 radical (unpaired) electrons. The molecule has 0 saturated carbocycles. The number of ether oxygens (including phenoxy) is 2. The van der Waals surface area contributed by atoms with Crippen molar-refractivity contribution < 1.29 is 27.0 Å². The summed E-state index contributed by atoms with van der Waals surface area (Å²) < 4.78 is 66.9. The first-order chi connectivity index (χ1) is 23.2. The smallest absolute Gasteiger partial charge is 0.159 e. The Bertz CT molecular complexity index is 2260. The molecule has 0 aliphatic carbocycles. The van der Waals surface area contributed by atoms with E-state index in [1.54, 1.807) is 0 Å². The number of hydrogen-bond acceptors (Lipinski definition) is 4. The molecule has 0 amide bonds. The average molecular weight is 651 g/mol. The quantitative estimate of drug-likeness (QED) is 0.161. The third-order valence-electron chi connectivity index (χ3n) is 8.20. The van der Waals surface area contributed by atoms with E-state index in [0.717, 1.165) is 80.2 Å². The zero-order valence-corrected chi connectivity index (χ0v) is 26.0. The lowest BCUT2D eigenvalue weighted by Gasteiger charge is -2.13. The van der Waals surface area contributed by atoms with Gasteiger partial charge >= 0.3 is 0 Å². The molecule has 242 valence electrons. The van der Waals surface area contributed by atoms with Gasteiger partial charge in [0.05, 0.1) is 48.2 Å². The first kappa shape index (κ1) is 31.3. The van der Waals surface area contributed by atoms with Crippen molar-refractivity contribution in [3.8, 4) is 0 Å². The van der Waals surface area contributed by atoms with Crippen LogP contribution in [0.25, 0.3) is 46.4 Å². The predicted octanol–water partition coefficient (Wildman–Crippen LogP) is 9.77. The number of halogens is 4. The number of aromatic amines is 2. The van der Waals surface area contributed by atoms with Crippen LogP contribution in [-0.4, -0.2) is 19.9 Å². The van der Waals surface area contributed by atoms with Gasteiger partial charge in [0.1, 0.15) is 0 Å². The molecule has 10 heteroatoms. The molecule has 5 heterocycles. The number of benzene rings is 2. The molecule has 8 bridgehead atoms. The Morgan fingerprint density at radius 3 is 1.46 bits per heavy atom. The molecule has 0 saturated heterocycles. The Kier molecular flexibility index (Phi) is 8.51. The van der Waals surface area contributed by atoms with E-state index in [4.69, 9.17) is 19.4 Å². The molecule has 6 nitrogen and oxygen atoms in total. The molecule has 2 aromatic carbocycles. The first-order valence-corrected chi connectivity index (χ1v) is 15.4. The Morgan fingerprint density at radius 1 is 0.521 bits per heavy atom. The van der Waals surface area contributed by atoms with Crippen LogP contribution in [0.3, 0.4) is 0 Å². The van der Waals surface area contributed by atoms with E-state index in [2.05, 4.69) is 9.97 Å². The van der Waals surface area contributed by atoms with Gasteiger partial charge in [-0.25, -0.2) is 27.5 Å². The zero-order chi connectivity index (χ0) is 33.4. The minimum atomic E-state index is -0.926. The molecule has 2 aliphatic rings. The number of rotatable bonds is 8. The van der Waals surface area contributed by atoms with Gasteiger partial charge in [-0.05, 0) is 110 Å². The normalized spacial score (nSPS) is 13.6. The third kappa shape index (κ3) is 6.85. The molecule has 3 aromatic heterocycles. The molecule has 2 N–H and O–H groups in total. The van der Waals surface area contributed by atoms with Crippen LogP contribution in [-0.2, 0) is 22.7 Å². The predicted molar refractivity (Wildman–Crippen MR) is 178 cm³/mol. The van der Waals surface area contributed by atoms with Crippen molar-refractivity contribution in [2.24, 2.45) is 0 Å². The van der Waals surface area contributed by atoms with E-state index >= 15 is 0 Å². The van der Waals surface area contributed by atoms with Crippen LogP contribution in [0.5, 0.6) is 0 Å². The molecule has 48 heavy (non-hydrogen) atoms. The highest BCUT2D eigenvalue weighted by molar-refractivity contribution is 5.79. The zero-order valence-electron chi connectivity index (χ0n) is 26.0. The lowest BCUT2D eigenvalue weighted by molar-refractivity contribution is 0.0532. The fourth-order valence-electron chi connectivity index (χ4n) is 5.69. The third-order valence-corrected chi connectivity index (χ3v) is 8.20. The fourth-order valence-corrected chi connectivity index (χ4v) is 5.69. The summed E-state index contributed by atoms with van der Waals surface area (Å²) >= 11 is 0. The summed E-state index contributed by atoms with van der Waals surface area (Å²) in [6, 6.07) is 19.1. The Balaban J connectivity index is 1.31. The fraction of sp³-hybridized carbons (Fsp3) is 0.158. The molecule has 2 unspecified atom stereocenters. The van der Waals surface area contributed by atoms with Crippen LogP contribution >= 0.6 is 0 Å². The summed E-state index contributed by atoms with van der Waals surface area (Å²) in [5, 5.41) is 0. The summed E-state index contributed by atoms with van der Waals surface area (Å²) in [6.45, 7) is 3.95. The monoisotopic (exact) mass is 650 g/mol. The maximum atomic E-state index is 13.8. The van der Waals surface area contributed by atoms with Crippen LogP contribution in [0.15, 0.2) is 72.8 Å². The second kappa shape index (κ2) is 13.1. The second-order valence-electron chi connectivity index (χ2n) is 11.8. The second-order valence-corrected chi connectivity index (χ2v) is 11.8. The van der Waals surface area contributed by atoms with Crippen molar-refractivity contribution in [2.75, 3.05) is 0 Å². The minimum absolute atomic E-state index is 0.0804. The largest absolute Gasteiger partial charge is 0.369 e. The van der Waals surface area contributed by atoms with Gasteiger partial charge in [0, 0.05) is 33.2 Å². The Hall–Kier alpha value is -5.32. The first-order valence-electron chi connectivity index (χ1n) is 15.4. The van der Waals surface area contributed by atoms with Crippen LogP contribution in [0.4, 0.5) is 17.6 Å². The topological polar surface area (TPSA) is 75.8 Å². The number of hydrogen-bond donors (Lipinski definition) is 2. The van der Waals surface area contributed by atoms with Crippen molar-refractivity contribution in [1.29, 1.82) is 0 Å². The Morgan fingerprint density at radius 2 is 0.958 bits per heavy atom. The van der Waals surface area contributed by atoms with Gasteiger partial charge in [-0.3, -0.25) is 0 Å². The average Bonchev–Trinajstić information content (AvgIpc) is 3.87. The maximum absolute atomic E-state index is 13.8. The molecular formula is C38H30F4N4O2. The van der Waals surface area contributed by atoms with Crippen molar-refractivity contribution in [2.45, 2.75) is 39.3 Å². The van der Waals surface area contributed by atoms with Crippen LogP contribution in [0.2, 0.25) is 0 Å². The molecule has 0 fully saturated rings. The highest BCUT2D eigenvalue weighted by atomic mass is 19.2. The highest BCUT2D eigenvalue weighted by Crippen LogP contribution is 2.30. The summed E-state index contributed by atoms with van der Waals surface area (Å²) in [5.41, 5.74) is 8.84. The molecule has 0 spiro atoms. The molecule has 2 aliphatic heterocycles. The summed E-state index contributed by atoms with van der Waals surface area (Å²) in [6.07, 6.45) is 6.84. The van der Waals surface area contributed by atoms with E-state index in [0.29, 0.717) is 11.1 Å². The van der Waals surface area contributed by atoms with Crippen LogP contribution in [0, 0.1) is 23.3 Å². The summed E-state index contributed by atoms with van der Waals surface area (Å²) in [4.78, 5) is 16.4. The van der Waals surface area contributed by atoms with Gasteiger partial charge in [-0.2, -0.15) is 0 Å². The summed E-state index contributed by atoms with van der Waals surface area (Å²) in [5.74, 6) is -3.67. The highest BCUT2D eigenvalue weighted by Gasteiger charge is 2.16. The van der Waals surface area contributed by atoms with Crippen molar-refractivity contribution in [1.82, 2.24) is 19.9 Å². The van der Waals surface area contributed by atoms with Crippen molar-refractivity contribution >= 4 is 46.4 Å². The number of fused-ring (bicyclic) bond motifs is 8. The molecular weight excluding hydrogens is 620 g/mol.